The maximum Gasteiger partial charge on any atom is 0.161 e. The van der Waals surface area contributed by atoms with Crippen LogP contribution in [-0.2, 0) is 25.7 Å². The third kappa shape index (κ3) is 7.76. The molecule has 10 nitrogen and oxygen atoms in total. The largest absolute Gasteiger partial charge is 0.489 e. The standard InChI is InChI=1S/C28H35N3O7S2/c29-27-21-15-25-26(16-22(21)28(30)31-27)38-10-12-40-18-20-14-24-23(13-19(20)17-39-11-9-37-25)35-7-5-33-3-1-32-2-4-34-6-8-36-24/h13-16H,1-12,17-18H2,(H3,29,30,31). The summed E-state index contributed by atoms with van der Waals surface area (Å²) in [7, 11) is 0. The van der Waals surface area contributed by atoms with Gasteiger partial charge in [0.05, 0.1) is 52.9 Å². The predicted octanol–water partition coefficient (Wildman–Crippen LogP) is 3.49. The molecule has 0 saturated carbocycles. The van der Waals surface area contributed by atoms with Gasteiger partial charge in [0.25, 0.3) is 0 Å². The summed E-state index contributed by atoms with van der Waals surface area (Å²) in [6.07, 6.45) is 0. The number of fused-ring (bicyclic) bond motifs is 4. The van der Waals surface area contributed by atoms with E-state index in [2.05, 4.69) is 17.1 Å². The van der Waals surface area contributed by atoms with E-state index in [1.165, 1.54) is 11.1 Å². The van der Waals surface area contributed by atoms with Crippen LogP contribution in [0.1, 0.15) is 22.3 Å². The van der Waals surface area contributed by atoms with Crippen LogP contribution in [0.4, 0.5) is 0 Å². The fourth-order valence-electron chi connectivity index (χ4n) is 4.32. The lowest BCUT2D eigenvalue weighted by atomic mass is 10.1. The lowest BCUT2D eigenvalue weighted by Gasteiger charge is -2.19. The smallest absolute Gasteiger partial charge is 0.161 e. The van der Waals surface area contributed by atoms with E-state index in [9.17, 15) is 0 Å². The lowest BCUT2D eigenvalue weighted by Crippen LogP contribution is -2.13. The zero-order valence-electron chi connectivity index (χ0n) is 22.4. The van der Waals surface area contributed by atoms with Gasteiger partial charge in [-0.15, -0.1) is 0 Å². The Morgan fingerprint density at radius 1 is 0.575 bits per heavy atom. The highest BCUT2D eigenvalue weighted by atomic mass is 32.2. The predicted molar refractivity (Wildman–Crippen MR) is 157 cm³/mol. The Morgan fingerprint density at radius 3 is 1.52 bits per heavy atom. The first kappa shape index (κ1) is 28.9. The zero-order chi connectivity index (χ0) is 27.6. The van der Waals surface area contributed by atoms with Crippen LogP contribution in [0.3, 0.4) is 0 Å². The molecule has 0 atom stereocenters. The highest BCUT2D eigenvalue weighted by molar-refractivity contribution is 7.98. The molecule has 0 bridgehead atoms. The topological polar surface area (TPSA) is 127 Å². The van der Waals surface area contributed by atoms with Crippen molar-refractivity contribution in [2.75, 3.05) is 77.6 Å². The van der Waals surface area contributed by atoms with Gasteiger partial charge in [0.2, 0.25) is 0 Å². The second kappa shape index (κ2) is 14.8. The van der Waals surface area contributed by atoms with Crippen molar-refractivity contribution < 1.29 is 33.2 Å². The van der Waals surface area contributed by atoms with E-state index in [4.69, 9.17) is 44.3 Å². The van der Waals surface area contributed by atoms with Gasteiger partial charge in [-0.2, -0.15) is 23.5 Å². The molecular weight excluding hydrogens is 554 g/mol. The molecule has 3 heterocycles. The van der Waals surface area contributed by atoms with Crippen LogP contribution in [0, 0.1) is 5.41 Å². The van der Waals surface area contributed by atoms with Crippen molar-refractivity contribution >= 4 is 35.2 Å². The number of amidine groups is 2. The monoisotopic (exact) mass is 589 g/mol. The molecule has 0 aromatic heterocycles. The summed E-state index contributed by atoms with van der Waals surface area (Å²) in [5.74, 6) is 6.34. The van der Waals surface area contributed by atoms with Gasteiger partial charge in [0.15, 0.2) is 28.8 Å². The molecule has 0 fully saturated rings. The number of ether oxygens (including phenoxy) is 7. The maximum atomic E-state index is 8.09. The molecule has 216 valence electrons. The minimum absolute atomic E-state index is 0.146. The Morgan fingerprint density at radius 2 is 1.00 bits per heavy atom. The van der Waals surface area contributed by atoms with Crippen LogP contribution in [0.25, 0.3) is 0 Å². The van der Waals surface area contributed by atoms with Gasteiger partial charge in [-0.25, -0.2) is 4.99 Å². The highest BCUT2D eigenvalue weighted by Crippen LogP contribution is 2.36. The molecule has 0 aliphatic carbocycles. The van der Waals surface area contributed by atoms with Crippen LogP contribution in [-0.4, -0.2) is 89.2 Å². The van der Waals surface area contributed by atoms with E-state index in [1.807, 2.05) is 12.1 Å². The second-order valence-corrected chi connectivity index (χ2v) is 11.3. The number of thioether (sulfide) groups is 2. The van der Waals surface area contributed by atoms with Crippen molar-refractivity contribution in [3.63, 3.8) is 0 Å². The fourth-order valence-corrected chi connectivity index (χ4v) is 5.99. The Kier molecular flexibility index (Phi) is 10.7. The van der Waals surface area contributed by atoms with Gasteiger partial charge in [-0.3, -0.25) is 5.41 Å². The Labute approximate surface area is 242 Å². The van der Waals surface area contributed by atoms with Gasteiger partial charge >= 0.3 is 0 Å². The Hall–Kier alpha value is -2.64. The minimum atomic E-state index is 0.146. The summed E-state index contributed by atoms with van der Waals surface area (Å²) in [4.78, 5) is 4.08. The van der Waals surface area contributed by atoms with E-state index >= 15 is 0 Å². The van der Waals surface area contributed by atoms with Crippen LogP contribution in [0.2, 0.25) is 0 Å². The minimum Gasteiger partial charge on any atom is -0.489 e. The number of nitrogens with one attached hydrogen (secondary N) is 1. The molecule has 0 radical (unpaired) electrons. The summed E-state index contributed by atoms with van der Waals surface area (Å²) < 4.78 is 41.2. The number of nitrogens with zero attached hydrogens (tertiary/aromatic N) is 1. The molecule has 0 spiro atoms. The summed E-state index contributed by atoms with van der Waals surface area (Å²) in [6.45, 7) is 4.92. The van der Waals surface area contributed by atoms with Gasteiger partial charge in [-0.05, 0) is 35.4 Å². The average Bonchev–Trinajstić information content (AvgIpc) is 3.22. The number of aliphatic imine (C=N–C) groups is 1. The van der Waals surface area contributed by atoms with E-state index in [0.29, 0.717) is 106 Å². The summed E-state index contributed by atoms with van der Waals surface area (Å²) in [5.41, 5.74) is 9.81. The first-order valence-corrected chi connectivity index (χ1v) is 15.7. The van der Waals surface area contributed by atoms with Crippen molar-refractivity contribution in [2.45, 2.75) is 11.5 Å². The first-order valence-electron chi connectivity index (χ1n) is 13.4. The normalized spacial score (nSPS) is 19.7. The van der Waals surface area contributed by atoms with Crippen LogP contribution in [0.5, 0.6) is 23.0 Å². The van der Waals surface area contributed by atoms with Gasteiger partial charge in [0, 0.05) is 34.1 Å². The van der Waals surface area contributed by atoms with E-state index < -0.39 is 0 Å². The molecule has 0 saturated heterocycles. The quantitative estimate of drug-likeness (QED) is 0.472. The molecule has 12 heteroatoms. The number of benzene rings is 2. The van der Waals surface area contributed by atoms with Crippen LogP contribution >= 0.6 is 23.5 Å². The van der Waals surface area contributed by atoms with Gasteiger partial charge in [0.1, 0.15) is 19.0 Å². The van der Waals surface area contributed by atoms with Crippen molar-refractivity contribution in [3.8, 4) is 23.0 Å². The van der Waals surface area contributed by atoms with Crippen molar-refractivity contribution in [1.82, 2.24) is 0 Å². The summed E-state index contributed by atoms with van der Waals surface area (Å²) >= 11 is 3.58. The summed E-state index contributed by atoms with van der Waals surface area (Å²) in [5, 5.41) is 8.09. The zero-order valence-corrected chi connectivity index (χ0v) is 24.0. The summed E-state index contributed by atoms with van der Waals surface area (Å²) in [6, 6.07) is 7.84. The molecule has 0 unspecified atom stereocenters. The van der Waals surface area contributed by atoms with Gasteiger partial charge < -0.3 is 38.9 Å². The number of hydrogen-bond donors (Lipinski definition) is 2. The van der Waals surface area contributed by atoms with Crippen molar-refractivity contribution in [3.05, 3.63) is 46.5 Å². The molecule has 3 N–H and O–H groups in total. The molecule has 3 aliphatic heterocycles. The van der Waals surface area contributed by atoms with Crippen molar-refractivity contribution in [1.29, 1.82) is 5.41 Å². The lowest BCUT2D eigenvalue weighted by molar-refractivity contribution is 0.00708. The second-order valence-electron chi connectivity index (χ2n) is 9.09. The molecule has 3 aliphatic rings. The number of rotatable bonds is 0. The molecule has 2 aromatic carbocycles. The maximum absolute atomic E-state index is 8.09. The molecule has 2 aromatic rings. The van der Waals surface area contributed by atoms with Gasteiger partial charge in [-0.1, -0.05) is 0 Å². The molecular formula is C28H35N3O7S2. The number of nitrogens with two attached hydrogens (primary N) is 1. The molecule has 40 heavy (non-hydrogen) atoms. The molecule has 5 rings (SSSR count). The number of hydrogen-bond acceptors (Lipinski definition) is 11. The SMILES string of the molecule is N=C1N=C(N)c2cc3c(cc21)OCCSCc1cc2c(cc1CSCCO3)OCCOCCOCCOCCO2. The third-order valence-corrected chi connectivity index (χ3v) is 8.25. The molecule has 0 amide bonds. The van der Waals surface area contributed by atoms with Crippen molar-refractivity contribution in [2.24, 2.45) is 10.7 Å². The Balaban J connectivity index is 1.29. The highest BCUT2D eigenvalue weighted by Gasteiger charge is 2.23. The fraction of sp³-hybridized carbons (Fsp3) is 0.500. The van der Waals surface area contributed by atoms with Crippen LogP contribution < -0.4 is 24.7 Å². The van der Waals surface area contributed by atoms with Crippen LogP contribution in [0.15, 0.2) is 29.3 Å². The third-order valence-electron chi connectivity index (χ3n) is 6.31. The Bertz CT molecular complexity index is 1210. The van der Waals surface area contributed by atoms with E-state index in [0.717, 1.165) is 23.0 Å². The van der Waals surface area contributed by atoms with E-state index in [-0.39, 0.29) is 5.84 Å². The first-order chi connectivity index (χ1) is 19.7. The van der Waals surface area contributed by atoms with E-state index in [1.54, 1.807) is 23.5 Å². The average molecular weight is 590 g/mol.